The number of aldehydes is 1. The maximum absolute atomic E-state index is 11.8. The van der Waals surface area contributed by atoms with Gasteiger partial charge in [-0.1, -0.05) is 124 Å². The van der Waals surface area contributed by atoms with Crippen molar-refractivity contribution in [1.82, 2.24) is 0 Å². The van der Waals surface area contributed by atoms with E-state index < -0.39 is 41.2 Å². The molecule has 10 atom stereocenters. The second kappa shape index (κ2) is 79.8. The van der Waals surface area contributed by atoms with Gasteiger partial charge in [0, 0.05) is 45.6 Å². The van der Waals surface area contributed by atoms with Crippen LogP contribution in [0.15, 0.2) is 69.9 Å². The Hall–Kier alpha value is -5.88. The third-order valence-corrected chi connectivity index (χ3v) is 17.9. The van der Waals surface area contributed by atoms with E-state index in [1.807, 2.05) is 0 Å². The van der Waals surface area contributed by atoms with E-state index in [0.717, 1.165) is 123 Å². The summed E-state index contributed by atoms with van der Waals surface area (Å²) in [4.78, 5) is 125. The molecule has 110 heavy (non-hydrogen) atoms. The number of allylic oxidation sites excluding steroid dienone is 12. The molecule has 0 unspecified atom stereocenters. The van der Waals surface area contributed by atoms with Crippen LogP contribution in [-0.4, -0.2) is 140 Å². The maximum atomic E-state index is 11.8. The Morgan fingerprint density at radius 3 is 1.09 bits per heavy atom. The van der Waals surface area contributed by atoms with Gasteiger partial charge in [0.15, 0.2) is 17.4 Å². The molecule has 0 aromatic heterocycles. The number of nitrogens with zero attached hydrogens (tertiary/aromatic N) is 3. The molecule has 23 heteroatoms. The van der Waals surface area contributed by atoms with Crippen molar-refractivity contribution in [2.24, 2.45) is 59.2 Å². The van der Waals surface area contributed by atoms with Crippen LogP contribution in [0.3, 0.4) is 0 Å². The van der Waals surface area contributed by atoms with Gasteiger partial charge in [-0.05, 0) is 247 Å². The molecule has 2 aliphatic rings. The van der Waals surface area contributed by atoms with Crippen LogP contribution in [0.2, 0.25) is 0 Å². The Bertz CT molecular complexity index is 2800. The van der Waals surface area contributed by atoms with Crippen LogP contribution in [0.25, 0.3) is 5.53 Å². The first-order chi connectivity index (χ1) is 50.2. The van der Waals surface area contributed by atoms with Crippen molar-refractivity contribution in [3.8, 4) is 6.07 Å². The normalized spacial score (nSPS) is 15.2. The molecular formula is C87H153AlLiN3O17S. The first-order valence-electron chi connectivity index (χ1n) is 38.6. The van der Waals surface area contributed by atoms with Gasteiger partial charge < -0.3 is 40.5 Å². The molecule has 0 radical (unpaired) electrons. The molecular weight excluding hydrogens is 1420 g/mol. The number of rotatable bonds is 40. The zero-order valence-corrected chi connectivity index (χ0v) is 73.7. The summed E-state index contributed by atoms with van der Waals surface area (Å²) < 4.78 is 22.5. The summed E-state index contributed by atoms with van der Waals surface area (Å²) in [6.45, 7) is 41.2. The van der Waals surface area contributed by atoms with E-state index in [1.165, 1.54) is 82.1 Å². The van der Waals surface area contributed by atoms with Crippen LogP contribution in [0.4, 0.5) is 0 Å². The van der Waals surface area contributed by atoms with E-state index >= 15 is 0 Å². The van der Waals surface area contributed by atoms with Crippen LogP contribution in [0.1, 0.15) is 307 Å². The SMILES string of the molecule is CC#N.CC(C)=CCC[C@@H](C)CC=O.CC(C)=CCC[C@@H](C)CCO.COC(=O)C(=[N+]=[N-])C(=O)CCC[C@H](C)CCC=C(C)C.COC(=O)CC(=O)CCC[C@H](C)CCC=C(C)C.COC(=O)CC(C)=O.COC(=O)[C@@H]1C(=O)CC[C@H]1[C@H](C)CCC=C(C)C.COC(=O)[C@H]1C(=O)CC[C@@H]1[C@H](C)CCC=C(C)C.S.[AlH3].[H-].[Li+]. The van der Waals surface area contributed by atoms with E-state index in [-0.39, 0.29) is 117 Å². The molecule has 0 heterocycles. The summed E-state index contributed by atoms with van der Waals surface area (Å²) in [7, 11) is 6.43. The molecule has 2 fully saturated rings. The molecule has 1 N–H and O–H groups in total. The van der Waals surface area contributed by atoms with Crippen molar-refractivity contribution in [2.45, 2.75) is 305 Å². The van der Waals surface area contributed by atoms with Crippen molar-refractivity contribution >= 4 is 102 Å². The molecule has 0 aliphatic heterocycles. The molecule has 2 saturated carbocycles. The summed E-state index contributed by atoms with van der Waals surface area (Å²) in [5.74, 6) is -0.632. The average molecular weight is 1580 g/mol. The molecule has 0 aromatic carbocycles. The number of ketones is 5. The number of methoxy groups -OCH3 is 5. The van der Waals surface area contributed by atoms with Crippen molar-refractivity contribution < 1.29 is 107 Å². The van der Waals surface area contributed by atoms with Gasteiger partial charge >= 0.3 is 54.4 Å². The van der Waals surface area contributed by atoms with Gasteiger partial charge in [0.25, 0.3) is 5.78 Å². The van der Waals surface area contributed by atoms with Crippen molar-refractivity contribution in [3.63, 3.8) is 0 Å². The van der Waals surface area contributed by atoms with Crippen LogP contribution in [-0.2, 0) is 76.4 Å². The van der Waals surface area contributed by atoms with Gasteiger partial charge in [-0.2, -0.15) is 23.5 Å². The van der Waals surface area contributed by atoms with Crippen LogP contribution in [0, 0.1) is 70.5 Å². The second-order valence-electron chi connectivity index (χ2n) is 29.9. The first-order valence-corrected chi connectivity index (χ1v) is 38.6. The second-order valence-corrected chi connectivity index (χ2v) is 29.9. The predicted molar refractivity (Wildman–Crippen MR) is 451 cm³/mol. The number of nitriles is 1. The third-order valence-electron chi connectivity index (χ3n) is 17.9. The van der Waals surface area contributed by atoms with E-state index in [9.17, 15) is 52.7 Å². The van der Waals surface area contributed by atoms with E-state index in [0.29, 0.717) is 74.2 Å². The van der Waals surface area contributed by atoms with Crippen molar-refractivity contribution in [3.05, 3.63) is 75.4 Å². The largest absolute Gasteiger partial charge is 1.00 e. The van der Waals surface area contributed by atoms with E-state index in [4.69, 9.17) is 25.4 Å². The molecule has 628 valence electrons. The molecule has 20 nitrogen and oxygen atoms in total. The smallest absolute Gasteiger partial charge is 1.00 e. The molecule has 2 rings (SSSR count). The van der Waals surface area contributed by atoms with Gasteiger partial charge in [-0.25, -0.2) is 4.79 Å². The number of aliphatic hydroxyl groups is 1. The fourth-order valence-electron chi connectivity index (χ4n) is 11.4. The van der Waals surface area contributed by atoms with E-state index in [2.05, 4.69) is 180 Å². The third kappa shape index (κ3) is 74.8. The summed E-state index contributed by atoms with van der Waals surface area (Å²) in [5, 5.41) is 15.9. The Morgan fingerprint density at radius 2 is 0.818 bits per heavy atom. The van der Waals surface area contributed by atoms with E-state index in [1.54, 1.807) is 6.07 Å². The zero-order valence-electron chi connectivity index (χ0n) is 73.7. The maximum Gasteiger partial charge on any atom is 1.00 e. The Labute approximate surface area is 697 Å². The van der Waals surface area contributed by atoms with Crippen molar-refractivity contribution in [2.75, 3.05) is 42.2 Å². The number of esters is 5. The molecule has 2 aliphatic carbocycles. The standard InChI is InChI=1S/C15H24N2O3.2C15H24O3.C15H26O3.C10H20O.C10H18O.C5H8O3.C2H3N.Al.Li.H2S.4H/c1-11(2)7-5-8-12(3)9-6-10-13(18)14(17-16)15(19)20-4;2*1-10(2)6-5-7-11(3)12-8-9-13(16)14(12)15(17)18-4;1-12(2)7-5-8-13(3)9-6-10-14(16)11-15(17)18-4;2*1-9(2)5-4-6-10(3)7-8-11;1-4(6)3-5(7)8-2;1-2-3;;;;;;;/h7,12H,5-6,8-10H2,1-4H3;2*6,11-12,14H,5,7-9H2,1-4H3;7,13H,5-6,8-11H2,1-4H3;5,10-11H,4,6-8H2,1-3H3;5,8,10H,4,6-7H2,1-3H3;3H2,1-2H3;1H3;;;1H2;;;;/q;;;;;;;;;+1;;;;;-1/t12-;11-,12+,14+;11-,12-,14-;13-;2*10-;;;;;;;;;/m111111........./s1. The van der Waals surface area contributed by atoms with Gasteiger partial charge in [0.05, 0.1) is 41.6 Å². The van der Waals surface area contributed by atoms with Gasteiger partial charge in [0.1, 0.15) is 54.1 Å². The zero-order chi connectivity index (χ0) is 83.6. The average Bonchev–Trinajstić information content (AvgIpc) is 1.70. The van der Waals surface area contributed by atoms with Gasteiger partial charge in [0.2, 0.25) is 0 Å². The van der Waals surface area contributed by atoms with Crippen LogP contribution >= 0.6 is 13.5 Å². The number of aliphatic hydroxyl groups excluding tert-OH is 1. The number of Topliss-reactive ketones (excluding diaryl/α,β-unsaturated/α-hetero) is 5. The summed E-state index contributed by atoms with van der Waals surface area (Å²) >= 11 is 0. The Morgan fingerprint density at radius 1 is 0.509 bits per heavy atom. The minimum atomic E-state index is -0.894. The van der Waals surface area contributed by atoms with Crippen LogP contribution < -0.4 is 18.9 Å². The van der Waals surface area contributed by atoms with Gasteiger partial charge in [-0.3, -0.25) is 43.2 Å². The fraction of sp³-hybridized carbons (Fsp3) is 0.713. The fourth-order valence-corrected chi connectivity index (χ4v) is 11.4. The summed E-state index contributed by atoms with van der Waals surface area (Å²) in [6.07, 6.45) is 35.8. The molecule has 0 amide bonds. The number of hydrogen-bond donors (Lipinski definition) is 1. The van der Waals surface area contributed by atoms with Crippen LogP contribution in [0.5, 0.6) is 0 Å². The number of carbonyl (C=O) groups excluding carboxylic acids is 11. The summed E-state index contributed by atoms with van der Waals surface area (Å²) in [6, 6.07) is 1.75. The molecule has 0 aromatic rings. The monoisotopic (exact) mass is 1580 g/mol. The number of hydrogen-bond acceptors (Lipinski definition) is 18. The molecule has 0 saturated heterocycles. The number of ether oxygens (including phenoxy) is 5. The Kier molecular flexibility index (Phi) is 88.7. The summed E-state index contributed by atoms with van der Waals surface area (Å²) in [5.41, 5.74) is 16.2. The molecule has 0 spiro atoms. The minimum Gasteiger partial charge on any atom is -1.00 e. The predicted octanol–water partition coefficient (Wildman–Crippen LogP) is 15.3. The number of carbonyl (C=O) groups is 11. The van der Waals surface area contributed by atoms with Crippen molar-refractivity contribution in [1.29, 1.82) is 5.26 Å². The Balaban J connectivity index is -0.000000134. The topological polar surface area (TPSA) is 314 Å². The molecule has 0 bridgehead atoms. The van der Waals surface area contributed by atoms with Gasteiger partial charge in [-0.15, -0.1) is 0 Å². The minimum absolute atomic E-state index is 0. The first kappa shape index (κ1) is 122. The quantitative estimate of drug-likeness (QED) is 0.00685.